The van der Waals surface area contributed by atoms with Crippen LogP contribution < -0.4 is 39.6 Å². The normalized spacial score (nSPS) is 10.4. The topological polar surface area (TPSA) is 205 Å². The van der Waals surface area contributed by atoms with Crippen molar-refractivity contribution < 1.29 is 38.1 Å². The number of benzene rings is 9. The third-order valence-electron chi connectivity index (χ3n) is 14.7. The molecular weight excluding hydrogens is 1250 g/mol. The Morgan fingerprint density at radius 1 is 0.454 bits per heavy atom. The van der Waals surface area contributed by atoms with Crippen LogP contribution >= 0.6 is 23.4 Å². The fourth-order valence-electron chi connectivity index (χ4n) is 9.46. The fraction of sp³-hybridized carbons (Fsp3) is 0.235. The summed E-state index contributed by atoms with van der Waals surface area (Å²) < 4.78 is 29.2. The van der Waals surface area contributed by atoms with E-state index in [1.165, 1.54) is 63.1 Å². The van der Waals surface area contributed by atoms with E-state index in [2.05, 4.69) is 61.0 Å². The molecule has 97 heavy (non-hydrogen) atoms. The molecule has 0 aliphatic carbocycles. The molecule has 0 spiro atoms. The zero-order chi connectivity index (χ0) is 68.7. The van der Waals surface area contributed by atoms with Crippen LogP contribution in [-0.4, -0.2) is 37.5 Å². The van der Waals surface area contributed by atoms with Crippen LogP contribution in [0.15, 0.2) is 234 Å². The van der Waals surface area contributed by atoms with Gasteiger partial charge >= 0.3 is 0 Å². The molecule has 9 rings (SSSR count). The van der Waals surface area contributed by atoms with Crippen molar-refractivity contribution in [3.05, 3.63) is 263 Å². The van der Waals surface area contributed by atoms with Gasteiger partial charge in [0.2, 0.25) is 0 Å². The molecule has 0 saturated carbocycles. The van der Waals surface area contributed by atoms with Crippen LogP contribution in [0.25, 0.3) is 0 Å². The molecule has 0 bridgehead atoms. The van der Waals surface area contributed by atoms with Crippen molar-refractivity contribution in [2.75, 3.05) is 35.8 Å². The first-order chi connectivity index (χ1) is 47.5. The Hall–Kier alpha value is -10.8. The van der Waals surface area contributed by atoms with E-state index in [1.54, 1.807) is 97.1 Å². The minimum absolute atomic E-state index is 0.228. The van der Waals surface area contributed by atoms with Crippen LogP contribution in [0.1, 0.15) is 139 Å². The van der Waals surface area contributed by atoms with E-state index in [1.807, 2.05) is 121 Å². The van der Waals surface area contributed by atoms with Gasteiger partial charge < -0.3 is 39.6 Å². The van der Waals surface area contributed by atoms with Crippen molar-refractivity contribution in [3.63, 3.8) is 0 Å². The van der Waals surface area contributed by atoms with Gasteiger partial charge in [-0.3, -0.25) is 14.4 Å². The van der Waals surface area contributed by atoms with Gasteiger partial charge in [0.15, 0.2) is 11.5 Å². The van der Waals surface area contributed by atoms with E-state index < -0.39 is 0 Å². The molecule has 0 saturated heterocycles. The van der Waals surface area contributed by atoms with Gasteiger partial charge in [0, 0.05) is 27.1 Å². The average molecular weight is 1330 g/mol. The highest BCUT2D eigenvalue weighted by atomic mass is 35.5. The number of nitrogens with one attached hydrogen (secondary N) is 3. The number of nitriles is 3. The summed E-state index contributed by atoms with van der Waals surface area (Å²) in [6.07, 6.45) is 17.4. The van der Waals surface area contributed by atoms with Gasteiger partial charge in [-0.05, 0) is 164 Å². The molecule has 0 atom stereocenters. The van der Waals surface area contributed by atoms with E-state index in [-0.39, 0.29) is 24.1 Å². The highest BCUT2D eigenvalue weighted by molar-refractivity contribution is 7.99. The first-order valence-corrected chi connectivity index (χ1v) is 33.9. The number of para-hydroxylation sites is 5. The van der Waals surface area contributed by atoms with E-state index in [9.17, 15) is 19.6 Å². The molecule has 16 heteroatoms. The number of ether oxygens (including phenoxy) is 5. The molecule has 0 radical (unpaired) electrons. The Labute approximate surface area is 579 Å². The highest BCUT2D eigenvalue weighted by Gasteiger charge is 2.17. The molecule has 0 aliphatic heterocycles. The molecule has 0 unspecified atom stereocenters. The molecule has 3 amide bonds. The molecule has 496 valence electrons. The van der Waals surface area contributed by atoms with Crippen molar-refractivity contribution in [1.82, 2.24) is 0 Å². The van der Waals surface area contributed by atoms with Gasteiger partial charge in [0.25, 0.3) is 17.7 Å². The lowest BCUT2D eigenvalue weighted by atomic mass is 10.1. The summed E-state index contributed by atoms with van der Waals surface area (Å²) in [4.78, 5) is 39.9. The molecule has 14 nitrogen and oxygen atoms in total. The van der Waals surface area contributed by atoms with Crippen molar-refractivity contribution >= 4 is 58.1 Å². The zero-order valence-electron chi connectivity index (χ0n) is 55.1. The number of unbranched alkanes of at least 4 members (excludes halogenated alkanes) is 8. The standard InChI is InChI=1S/C27H25ClN2O2S.2C27H28N2O3/c1-2-3-4-5-8-18-32-22-16-14-20(15-17-22)27(31)30-24-12-9-11-23(28)26(24)33-25-13-7-6-10-21(25)19-29;1-2-3-4-9-20-31-23-16-14-22(15-17-23)27(30)29-24-11-6-8-13-26(24)32-25-12-7-5-10-21(25)18-19-28;1-2-3-4-7-19-31-23-15-13-22(14-16-23)27(30)29-25-11-5-6-12-26(25)32-24-10-8-9-21(20-24)17-18-28/h5-17H,2-4,18H2,1H3,(H,30,31);5-8,10-17H,2-4,9,18,20H2,1H3,(H,29,30);5-6,8-16,20H,2-4,7,17,19H2,1H3,(H,29,30). The first-order valence-electron chi connectivity index (χ1n) is 32.7. The summed E-state index contributed by atoms with van der Waals surface area (Å²) in [5.41, 5.74) is 5.50. The van der Waals surface area contributed by atoms with Gasteiger partial charge in [-0.15, -0.1) is 0 Å². The van der Waals surface area contributed by atoms with Crippen LogP contribution in [0.4, 0.5) is 17.1 Å². The average Bonchev–Trinajstić information content (AvgIpc) is 1.11. The van der Waals surface area contributed by atoms with Crippen LogP contribution in [0.2, 0.25) is 5.02 Å². The second-order valence-electron chi connectivity index (χ2n) is 22.1. The Morgan fingerprint density at radius 3 is 1.49 bits per heavy atom. The van der Waals surface area contributed by atoms with Crippen molar-refractivity contribution in [2.45, 2.75) is 114 Å². The molecule has 0 aliphatic rings. The largest absolute Gasteiger partial charge is 0.494 e. The van der Waals surface area contributed by atoms with Crippen molar-refractivity contribution in [3.8, 4) is 58.5 Å². The number of nitrogens with zero attached hydrogens (tertiary/aromatic N) is 3. The second-order valence-corrected chi connectivity index (χ2v) is 23.6. The third kappa shape index (κ3) is 25.2. The van der Waals surface area contributed by atoms with E-state index in [0.29, 0.717) is 104 Å². The number of allylic oxidation sites excluding steroid dienone is 1. The van der Waals surface area contributed by atoms with Crippen LogP contribution in [-0.2, 0) is 12.8 Å². The minimum atomic E-state index is -0.251. The maximum atomic E-state index is 12.9. The Balaban J connectivity index is 0.000000205. The predicted molar refractivity (Wildman–Crippen MR) is 388 cm³/mol. The molecular formula is C81H81ClN6O8S. The fourth-order valence-corrected chi connectivity index (χ4v) is 10.7. The second kappa shape index (κ2) is 41.8. The third-order valence-corrected chi connectivity index (χ3v) is 16.3. The summed E-state index contributed by atoms with van der Waals surface area (Å²) in [5.74, 6) is 3.76. The Morgan fingerprint density at radius 2 is 0.938 bits per heavy atom. The summed E-state index contributed by atoms with van der Waals surface area (Å²) in [6, 6.07) is 69.7. The smallest absolute Gasteiger partial charge is 0.255 e. The van der Waals surface area contributed by atoms with Gasteiger partial charge in [-0.1, -0.05) is 180 Å². The lowest BCUT2D eigenvalue weighted by Gasteiger charge is -2.14. The minimum Gasteiger partial charge on any atom is -0.494 e. The quantitative estimate of drug-likeness (QED) is 0.0266. The molecule has 0 aromatic heterocycles. The van der Waals surface area contributed by atoms with Crippen LogP contribution in [0, 0.1) is 34.0 Å². The lowest BCUT2D eigenvalue weighted by molar-refractivity contribution is 0.101. The summed E-state index contributed by atoms with van der Waals surface area (Å²) >= 11 is 7.79. The number of carbonyl (C=O) groups is 3. The number of halogens is 1. The number of carbonyl (C=O) groups excluding carboxylic acids is 3. The maximum absolute atomic E-state index is 12.9. The lowest BCUT2D eigenvalue weighted by Crippen LogP contribution is -2.12. The summed E-state index contributed by atoms with van der Waals surface area (Å²) in [7, 11) is 0. The number of rotatable bonds is 32. The zero-order valence-corrected chi connectivity index (χ0v) is 56.6. The summed E-state index contributed by atoms with van der Waals surface area (Å²) in [6.45, 7) is 8.41. The van der Waals surface area contributed by atoms with Gasteiger partial charge in [-0.25, -0.2) is 0 Å². The molecule has 0 heterocycles. The number of hydrogen-bond donors (Lipinski definition) is 3. The molecule has 9 aromatic rings. The monoisotopic (exact) mass is 1330 g/mol. The van der Waals surface area contributed by atoms with Gasteiger partial charge in [0.1, 0.15) is 41.4 Å². The molecule has 3 N–H and O–H groups in total. The Kier molecular flexibility index (Phi) is 31.8. The molecule has 9 aromatic carbocycles. The highest BCUT2D eigenvalue weighted by Crippen LogP contribution is 2.41. The van der Waals surface area contributed by atoms with Gasteiger partial charge in [-0.2, -0.15) is 15.8 Å². The van der Waals surface area contributed by atoms with E-state index in [0.717, 1.165) is 46.8 Å². The number of amides is 3. The maximum Gasteiger partial charge on any atom is 0.255 e. The van der Waals surface area contributed by atoms with E-state index >= 15 is 0 Å². The van der Waals surface area contributed by atoms with Gasteiger partial charge in [0.05, 0.1) is 70.7 Å². The van der Waals surface area contributed by atoms with Crippen molar-refractivity contribution in [2.24, 2.45) is 0 Å². The van der Waals surface area contributed by atoms with Crippen molar-refractivity contribution in [1.29, 1.82) is 15.8 Å². The predicted octanol–water partition coefficient (Wildman–Crippen LogP) is 21.3. The summed E-state index contributed by atoms with van der Waals surface area (Å²) in [5, 5.41) is 36.6. The molecule has 0 fully saturated rings. The van der Waals surface area contributed by atoms with Crippen LogP contribution in [0.3, 0.4) is 0 Å². The number of hydrogen-bond acceptors (Lipinski definition) is 12. The number of anilines is 3. The first kappa shape index (κ1) is 73.6. The van der Waals surface area contributed by atoms with Crippen LogP contribution in [0.5, 0.6) is 40.2 Å². The Bertz CT molecular complexity index is 4110. The SMILES string of the molecule is CCCCC=CCOc1ccc(C(=O)Nc2cccc(Cl)c2Sc2ccccc2C#N)cc1.CCCCCCOc1ccc(C(=O)Nc2ccccc2Oc2cccc(CC#N)c2)cc1.CCCCCCOc1ccc(C(=O)Nc2ccccc2Oc2ccccc2CC#N)cc1. The van der Waals surface area contributed by atoms with E-state index in [4.69, 9.17) is 45.8 Å².